The number of carbonyl (C=O) groups excluding carboxylic acids is 1. The van der Waals surface area contributed by atoms with Crippen LogP contribution in [0, 0.1) is 11.8 Å². The Morgan fingerprint density at radius 2 is 1.86 bits per heavy atom. The van der Waals surface area contributed by atoms with Gasteiger partial charge in [0.2, 0.25) is 0 Å². The Morgan fingerprint density at radius 1 is 1.21 bits per heavy atom. The third kappa shape index (κ3) is 6.89. The number of ether oxygens (including phenoxy) is 2. The van der Waals surface area contributed by atoms with Crippen molar-refractivity contribution >= 4 is 5.97 Å². The number of hydrogen-bond donors (Lipinski definition) is 0. The highest BCUT2D eigenvalue weighted by Gasteiger charge is 2.13. The molecule has 3 nitrogen and oxygen atoms in total. The van der Waals surface area contributed by atoms with Crippen molar-refractivity contribution in [3.05, 3.63) is 0 Å². The summed E-state index contributed by atoms with van der Waals surface area (Å²) in [6, 6.07) is 0. The Morgan fingerprint density at radius 3 is 2.36 bits per heavy atom. The third-order valence-corrected chi connectivity index (χ3v) is 2.32. The third-order valence-electron chi connectivity index (χ3n) is 2.32. The van der Waals surface area contributed by atoms with E-state index in [1.165, 1.54) is 0 Å². The fraction of sp³-hybridized carbons (Fsp3) is 0.909. The fourth-order valence-electron chi connectivity index (χ4n) is 0.916. The van der Waals surface area contributed by atoms with Crippen LogP contribution in [-0.2, 0) is 14.3 Å². The van der Waals surface area contributed by atoms with Crippen LogP contribution in [0.4, 0.5) is 0 Å². The number of esters is 1. The second kappa shape index (κ2) is 7.80. The second-order valence-corrected chi connectivity index (χ2v) is 3.84. The molecule has 0 aliphatic rings. The molecule has 0 fully saturated rings. The average Bonchev–Trinajstić information content (AvgIpc) is 2.12. The van der Waals surface area contributed by atoms with E-state index in [1.54, 1.807) is 0 Å². The van der Waals surface area contributed by atoms with Crippen molar-refractivity contribution in [2.24, 2.45) is 11.8 Å². The second-order valence-electron chi connectivity index (χ2n) is 3.84. The summed E-state index contributed by atoms with van der Waals surface area (Å²) in [7, 11) is 0. The number of hydrogen-bond acceptors (Lipinski definition) is 3. The average molecular weight is 202 g/mol. The highest BCUT2D eigenvalue weighted by atomic mass is 16.6. The maximum Gasteiger partial charge on any atom is 0.306 e. The lowest BCUT2D eigenvalue weighted by molar-refractivity contribution is -0.146. The minimum absolute atomic E-state index is 0.120. The Hall–Kier alpha value is -0.570. The van der Waals surface area contributed by atoms with E-state index in [9.17, 15) is 4.79 Å². The van der Waals surface area contributed by atoms with Crippen molar-refractivity contribution in [2.75, 3.05) is 19.8 Å². The molecule has 0 aromatic heterocycles. The molecule has 0 saturated carbocycles. The molecule has 84 valence electrons. The maximum atomic E-state index is 11.2. The summed E-state index contributed by atoms with van der Waals surface area (Å²) in [5.74, 6) is 0.787. The molecule has 0 N–H and O–H groups in total. The standard InChI is InChI=1S/C11H22O3/c1-5-13-6-7-14-11(12)8-10(4)9(2)3/h9-10H,5-8H2,1-4H3. The summed E-state index contributed by atoms with van der Waals surface area (Å²) in [4.78, 5) is 11.2. The van der Waals surface area contributed by atoms with Gasteiger partial charge in [-0.15, -0.1) is 0 Å². The molecule has 0 saturated heterocycles. The number of carbonyl (C=O) groups is 1. The van der Waals surface area contributed by atoms with E-state index in [4.69, 9.17) is 9.47 Å². The van der Waals surface area contributed by atoms with Gasteiger partial charge in [-0.05, 0) is 18.8 Å². The molecule has 0 amide bonds. The van der Waals surface area contributed by atoms with Crippen molar-refractivity contribution in [3.8, 4) is 0 Å². The molecule has 0 radical (unpaired) electrons. The quantitative estimate of drug-likeness (QED) is 0.469. The Kier molecular flexibility index (Phi) is 7.48. The Bertz CT molecular complexity index is 155. The zero-order valence-electron chi connectivity index (χ0n) is 9.71. The van der Waals surface area contributed by atoms with Gasteiger partial charge in [-0.3, -0.25) is 4.79 Å². The van der Waals surface area contributed by atoms with Gasteiger partial charge in [-0.2, -0.15) is 0 Å². The minimum atomic E-state index is -0.120. The first-order chi connectivity index (χ1) is 6.57. The van der Waals surface area contributed by atoms with Crippen molar-refractivity contribution in [2.45, 2.75) is 34.1 Å². The smallest absolute Gasteiger partial charge is 0.306 e. The lowest BCUT2D eigenvalue weighted by Gasteiger charge is -2.14. The van der Waals surface area contributed by atoms with Crippen molar-refractivity contribution < 1.29 is 14.3 Å². The van der Waals surface area contributed by atoms with E-state index in [-0.39, 0.29) is 5.97 Å². The van der Waals surface area contributed by atoms with Gasteiger partial charge >= 0.3 is 5.97 Å². The maximum absolute atomic E-state index is 11.2. The monoisotopic (exact) mass is 202 g/mol. The van der Waals surface area contributed by atoms with Crippen LogP contribution < -0.4 is 0 Å². The van der Waals surface area contributed by atoms with Crippen LogP contribution in [0.1, 0.15) is 34.1 Å². The van der Waals surface area contributed by atoms with Gasteiger partial charge in [0, 0.05) is 13.0 Å². The first-order valence-electron chi connectivity index (χ1n) is 5.31. The topological polar surface area (TPSA) is 35.5 Å². The van der Waals surface area contributed by atoms with Crippen molar-refractivity contribution in [1.29, 1.82) is 0 Å². The van der Waals surface area contributed by atoms with Gasteiger partial charge in [0.15, 0.2) is 0 Å². The van der Waals surface area contributed by atoms with Crippen molar-refractivity contribution in [1.82, 2.24) is 0 Å². The summed E-state index contributed by atoms with van der Waals surface area (Å²) < 4.78 is 10.1. The summed E-state index contributed by atoms with van der Waals surface area (Å²) in [5.41, 5.74) is 0. The van der Waals surface area contributed by atoms with E-state index in [0.717, 1.165) is 0 Å². The molecule has 0 aromatic carbocycles. The van der Waals surface area contributed by atoms with Crippen molar-refractivity contribution in [3.63, 3.8) is 0 Å². The van der Waals surface area contributed by atoms with E-state index < -0.39 is 0 Å². The zero-order chi connectivity index (χ0) is 11.0. The van der Waals surface area contributed by atoms with Gasteiger partial charge in [-0.1, -0.05) is 20.8 Å². The molecule has 0 aliphatic carbocycles. The van der Waals surface area contributed by atoms with E-state index in [2.05, 4.69) is 20.8 Å². The van der Waals surface area contributed by atoms with E-state index >= 15 is 0 Å². The molecule has 0 aliphatic heterocycles. The van der Waals surface area contributed by atoms with E-state index in [1.807, 2.05) is 6.92 Å². The van der Waals surface area contributed by atoms with Crippen LogP contribution in [0.2, 0.25) is 0 Å². The first kappa shape index (κ1) is 13.4. The summed E-state index contributed by atoms with van der Waals surface area (Å²) >= 11 is 0. The largest absolute Gasteiger partial charge is 0.463 e. The summed E-state index contributed by atoms with van der Waals surface area (Å²) in [6.07, 6.45) is 0.504. The highest BCUT2D eigenvalue weighted by Crippen LogP contribution is 2.14. The SMILES string of the molecule is CCOCCOC(=O)CC(C)C(C)C. The lowest BCUT2D eigenvalue weighted by Crippen LogP contribution is -2.15. The van der Waals surface area contributed by atoms with Crippen LogP contribution in [0.3, 0.4) is 0 Å². The lowest BCUT2D eigenvalue weighted by atomic mass is 9.95. The molecule has 0 aromatic rings. The van der Waals surface area contributed by atoms with Crippen LogP contribution in [0.25, 0.3) is 0 Å². The normalized spacial score (nSPS) is 12.9. The van der Waals surface area contributed by atoms with Gasteiger partial charge in [0.05, 0.1) is 6.61 Å². The van der Waals surface area contributed by atoms with E-state index in [0.29, 0.717) is 38.1 Å². The van der Waals surface area contributed by atoms with Crippen LogP contribution in [0.5, 0.6) is 0 Å². The summed E-state index contributed by atoms with van der Waals surface area (Å²) in [6.45, 7) is 9.74. The Labute approximate surface area is 86.8 Å². The predicted molar refractivity (Wildman–Crippen MR) is 56.1 cm³/mol. The van der Waals surface area contributed by atoms with Crippen LogP contribution >= 0.6 is 0 Å². The molecule has 0 bridgehead atoms. The molecule has 0 heterocycles. The summed E-state index contributed by atoms with van der Waals surface area (Å²) in [5, 5.41) is 0. The zero-order valence-corrected chi connectivity index (χ0v) is 9.71. The first-order valence-corrected chi connectivity index (χ1v) is 5.31. The minimum Gasteiger partial charge on any atom is -0.463 e. The molecular weight excluding hydrogens is 180 g/mol. The van der Waals surface area contributed by atoms with Gasteiger partial charge < -0.3 is 9.47 Å². The molecule has 3 heteroatoms. The molecule has 1 unspecified atom stereocenters. The molecule has 14 heavy (non-hydrogen) atoms. The van der Waals surface area contributed by atoms with Crippen LogP contribution in [0.15, 0.2) is 0 Å². The molecule has 0 rings (SSSR count). The predicted octanol–water partition coefficient (Wildman–Crippen LogP) is 2.25. The van der Waals surface area contributed by atoms with Gasteiger partial charge in [0.25, 0.3) is 0 Å². The highest BCUT2D eigenvalue weighted by molar-refractivity contribution is 5.69. The molecule has 0 spiro atoms. The Balaban J connectivity index is 3.45. The van der Waals surface area contributed by atoms with Gasteiger partial charge in [-0.25, -0.2) is 0 Å². The van der Waals surface area contributed by atoms with Gasteiger partial charge in [0.1, 0.15) is 6.61 Å². The molecule has 1 atom stereocenters. The fourth-order valence-corrected chi connectivity index (χ4v) is 0.916. The van der Waals surface area contributed by atoms with Crippen LogP contribution in [-0.4, -0.2) is 25.8 Å². The molecular formula is C11H22O3. The number of rotatable bonds is 7.